The fraction of sp³-hybridized carbons (Fsp3) is 0. The van der Waals surface area contributed by atoms with Crippen LogP contribution in [0.4, 0.5) is 10.1 Å². The van der Waals surface area contributed by atoms with E-state index in [1.165, 1.54) is 12.1 Å². The molecule has 0 aliphatic heterocycles. The molecule has 2 aromatic carbocycles. The molecule has 0 radical (unpaired) electrons. The Morgan fingerprint density at radius 2 is 2.00 bits per heavy atom. The second kappa shape index (κ2) is 5.79. The van der Waals surface area contributed by atoms with E-state index in [1.54, 1.807) is 12.1 Å². The number of hydrogen-bond donors (Lipinski definition) is 1. The summed E-state index contributed by atoms with van der Waals surface area (Å²) in [4.78, 5) is 11.9. The Morgan fingerprint density at radius 3 is 2.67 bits per heavy atom. The lowest BCUT2D eigenvalue weighted by molar-refractivity contribution is 0.102. The molecule has 0 saturated carbocycles. The molecule has 0 atom stereocenters. The summed E-state index contributed by atoms with van der Waals surface area (Å²) < 4.78 is 14.7. The molecule has 0 unspecified atom stereocenters. The zero-order valence-electron chi connectivity index (χ0n) is 9.08. The first-order valence-electron chi connectivity index (χ1n) is 5.07. The van der Waals surface area contributed by atoms with Crippen LogP contribution in [-0.4, -0.2) is 5.91 Å². The smallest absolute Gasteiger partial charge is 0.255 e. The van der Waals surface area contributed by atoms with Gasteiger partial charge in [0.1, 0.15) is 5.82 Å². The highest BCUT2D eigenvalue weighted by molar-refractivity contribution is 14.1. The van der Waals surface area contributed by atoms with E-state index in [-0.39, 0.29) is 11.5 Å². The van der Waals surface area contributed by atoms with Crippen LogP contribution in [0.25, 0.3) is 0 Å². The number of hydrogen-bond acceptors (Lipinski definition) is 1. The third kappa shape index (κ3) is 3.52. The molecule has 0 saturated heterocycles. The lowest BCUT2D eigenvalue weighted by atomic mass is 10.2. The second-order valence-corrected chi connectivity index (χ2v) is 5.78. The van der Waals surface area contributed by atoms with Crippen LogP contribution in [0.3, 0.4) is 0 Å². The number of amides is 1. The summed E-state index contributed by atoms with van der Waals surface area (Å²) in [6.45, 7) is 0. The maximum Gasteiger partial charge on any atom is 0.255 e. The maximum atomic E-state index is 13.2. The molecule has 5 heteroatoms. The lowest BCUT2D eigenvalue weighted by Crippen LogP contribution is -2.12. The van der Waals surface area contributed by atoms with Crippen molar-refractivity contribution in [3.05, 3.63) is 61.9 Å². The largest absolute Gasteiger partial charge is 0.322 e. The van der Waals surface area contributed by atoms with Crippen molar-refractivity contribution in [2.75, 3.05) is 5.32 Å². The van der Waals surface area contributed by atoms with Crippen LogP contribution >= 0.6 is 38.5 Å². The predicted molar refractivity (Wildman–Crippen MR) is 81.2 cm³/mol. The zero-order chi connectivity index (χ0) is 13.1. The van der Waals surface area contributed by atoms with Crippen molar-refractivity contribution in [2.24, 2.45) is 0 Å². The molecular weight excluding hydrogens is 412 g/mol. The summed E-state index contributed by atoms with van der Waals surface area (Å²) in [7, 11) is 0. The van der Waals surface area contributed by atoms with Gasteiger partial charge in [-0.3, -0.25) is 4.79 Å². The van der Waals surface area contributed by atoms with Crippen molar-refractivity contribution >= 4 is 50.1 Å². The minimum absolute atomic E-state index is 0.278. The van der Waals surface area contributed by atoms with Gasteiger partial charge in [0.2, 0.25) is 0 Å². The summed E-state index contributed by atoms with van der Waals surface area (Å²) in [5.74, 6) is -0.783. The molecule has 0 aliphatic rings. The molecule has 18 heavy (non-hydrogen) atoms. The van der Waals surface area contributed by atoms with E-state index >= 15 is 0 Å². The van der Waals surface area contributed by atoms with E-state index in [1.807, 2.05) is 18.2 Å². The van der Waals surface area contributed by atoms with Gasteiger partial charge in [-0.15, -0.1) is 0 Å². The fourth-order valence-electron chi connectivity index (χ4n) is 1.45. The Hall–Kier alpha value is -0.950. The Bertz CT molecular complexity index is 583. The third-order valence-corrected chi connectivity index (χ3v) is 3.34. The van der Waals surface area contributed by atoms with Gasteiger partial charge in [-0.25, -0.2) is 4.39 Å². The highest BCUT2D eigenvalue weighted by Crippen LogP contribution is 2.17. The van der Waals surface area contributed by atoms with Gasteiger partial charge in [-0.2, -0.15) is 0 Å². The first-order chi connectivity index (χ1) is 8.54. The van der Waals surface area contributed by atoms with Crippen molar-refractivity contribution in [3.8, 4) is 0 Å². The minimum atomic E-state index is -0.447. The van der Waals surface area contributed by atoms with E-state index in [0.717, 1.165) is 3.57 Å². The minimum Gasteiger partial charge on any atom is -0.322 e. The van der Waals surface area contributed by atoms with Crippen LogP contribution in [0.1, 0.15) is 10.4 Å². The average Bonchev–Trinajstić information content (AvgIpc) is 2.27. The Kier molecular flexibility index (Phi) is 4.34. The second-order valence-electron chi connectivity index (χ2n) is 3.62. The first kappa shape index (κ1) is 13.5. The summed E-state index contributed by atoms with van der Waals surface area (Å²) in [5, 5.41) is 2.72. The lowest BCUT2D eigenvalue weighted by Gasteiger charge is -2.06. The summed E-state index contributed by atoms with van der Waals surface area (Å²) >= 11 is 5.32. The molecule has 2 aromatic rings. The van der Waals surface area contributed by atoms with Crippen molar-refractivity contribution in [1.82, 2.24) is 0 Å². The molecule has 1 N–H and O–H groups in total. The summed E-state index contributed by atoms with van der Waals surface area (Å²) in [6.07, 6.45) is 0. The van der Waals surface area contributed by atoms with Gasteiger partial charge in [0, 0.05) is 19.3 Å². The molecule has 0 fully saturated rings. The molecule has 92 valence electrons. The Morgan fingerprint density at radius 1 is 1.22 bits per heavy atom. The van der Waals surface area contributed by atoms with E-state index in [0.29, 0.717) is 10.2 Å². The monoisotopic (exact) mass is 419 g/mol. The Balaban J connectivity index is 2.22. The quantitative estimate of drug-likeness (QED) is 0.716. The van der Waals surface area contributed by atoms with Gasteiger partial charge < -0.3 is 5.32 Å². The average molecular weight is 420 g/mol. The SMILES string of the molecule is O=C(Nc1cccc(I)c1)c1cc(F)cc(Br)c1. The summed E-state index contributed by atoms with van der Waals surface area (Å²) in [6, 6.07) is 11.5. The van der Waals surface area contributed by atoms with Gasteiger partial charge in [0.15, 0.2) is 0 Å². The third-order valence-electron chi connectivity index (χ3n) is 2.21. The number of rotatable bonds is 2. The van der Waals surface area contributed by atoms with E-state index in [4.69, 9.17) is 0 Å². The number of carbonyl (C=O) groups is 1. The molecule has 0 heterocycles. The van der Waals surface area contributed by atoms with Crippen molar-refractivity contribution in [2.45, 2.75) is 0 Å². The molecular formula is C13H8BrFINO. The maximum absolute atomic E-state index is 13.2. The molecule has 0 aliphatic carbocycles. The molecule has 0 spiro atoms. The number of anilines is 1. The van der Waals surface area contributed by atoms with Gasteiger partial charge in [0.05, 0.1) is 0 Å². The van der Waals surface area contributed by atoms with Crippen molar-refractivity contribution < 1.29 is 9.18 Å². The van der Waals surface area contributed by atoms with Gasteiger partial charge in [-0.1, -0.05) is 22.0 Å². The van der Waals surface area contributed by atoms with Crippen molar-refractivity contribution in [3.63, 3.8) is 0 Å². The van der Waals surface area contributed by atoms with Crippen LogP contribution in [0.2, 0.25) is 0 Å². The number of halogens is 3. The van der Waals surface area contributed by atoms with Crippen LogP contribution in [0, 0.1) is 9.39 Å². The number of carbonyl (C=O) groups excluding carboxylic acids is 1. The fourth-order valence-corrected chi connectivity index (χ4v) is 2.46. The van der Waals surface area contributed by atoms with E-state index in [9.17, 15) is 9.18 Å². The molecule has 2 nitrogen and oxygen atoms in total. The zero-order valence-corrected chi connectivity index (χ0v) is 12.8. The van der Waals surface area contributed by atoms with Crippen LogP contribution in [-0.2, 0) is 0 Å². The first-order valence-corrected chi connectivity index (χ1v) is 6.95. The van der Waals surface area contributed by atoms with Crippen molar-refractivity contribution in [1.29, 1.82) is 0 Å². The molecule has 0 aromatic heterocycles. The van der Waals surface area contributed by atoms with Gasteiger partial charge in [-0.05, 0) is 59.0 Å². The molecule has 0 bridgehead atoms. The topological polar surface area (TPSA) is 29.1 Å². The normalized spacial score (nSPS) is 10.2. The number of benzene rings is 2. The number of nitrogens with one attached hydrogen (secondary N) is 1. The highest BCUT2D eigenvalue weighted by Gasteiger charge is 2.08. The molecule has 1 amide bonds. The van der Waals surface area contributed by atoms with Gasteiger partial charge in [0.25, 0.3) is 5.91 Å². The molecule has 2 rings (SSSR count). The van der Waals surface area contributed by atoms with E-state index < -0.39 is 5.82 Å². The standard InChI is InChI=1S/C13H8BrFINO/c14-9-4-8(5-10(15)6-9)13(18)17-12-3-1-2-11(16)7-12/h1-7H,(H,17,18). The predicted octanol–water partition coefficient (Wildman–Crippen LogP) is 4.45. The highest BCUT2D eigenvalue weighted by atomic mass is 127. The summed E-state index contributed by atoms with van der Waals surface area (Å²) in [5.41, 5.74) is 0.966. The van der Waals surface area contributed by atoms with Gasteiger partial charge >= 0.3 is 0 Å². The van der Waals surface area contributed by atoms with Crippen LogP contribution < -0.4 is 5.32 Å². The Labute approximate surface area is 126 Å². The van der Waals surface area contributed by atoms with Crippen LogP contribution in [0.15, 0.2) is 46.9 Å². The van der Waals surface area contributed by atoms with Crippen LogP contribution in [0.5, 0.6) is 0 Å². The van der Waals surface area contributed by atoms with E-state index in [2.05, 4.69) is 43.8 Å².